The number of ether oxygens (including phenoxy) is 1. The Balaban J connectivity index is 2.72. The predicted octanol–water partition coefficient (Wildman–Crippen LogP) is 3.08. The van der Waals surface area contributed by atoms with Crippen molar-refractivity contribution in [3.05, 3.63) is 23.8 Å². The molecule has 0 fully saturated rings. The van der Waals surface area contributed by atoms with E-state index in [2.05, 4.69) is 39.0 Å². The lowest BCUT2D eigenvalue weighted by atomic mass is 9.97. The Hall–Kier alpha value is -0.560. The molecule has 0 N–H and O–H groups in total. The molecule has 0 aromatic heterocycles. The Kier molecular flexibility index (Phi) is 2.73. The zero-order valence-corrected chi connectivity index (χ0v) is 8.42. The minimum absolute atomic E-state index is 0.0908. The zero-order chi connectivity index (χ0) is 9.19. The minimum atomic E-state index is -0.0908. The van der Waals surface area contributed by atoms with Crippen LogP contribution in [0.25, 0.3) is 0 Å². The van der Waals surface area contributed by atoms with Crippen molar-refractivity contribution in [2.45, 2.75) is 45.8 Å². The molecular formula is C11H18O. The maximum Gasteiger partial charge on any atom is 0.0817 e. The van der Waals surface area contributed by atoms with Gasteiger partial charge in [-0.15, -0.1) is 0 Å². The lowest BCUT2D eigenvalue weighted by molar-refractivity contribution is -0.0276. The molecule has 1 aliphatic heterocycles. The summed E-state index contributed by atoms with van der Waals surface area (Å²) in [6.45, 7) is 8.41. The molecule has 0 radical (unpaired) electrons. The van der Waals surface area contributed by atoms with Gasteiger partial charge < -0.3 is 4.74 Å². The third-order valence-corrected chi connectivity index (χ3v) is 1.98. The molecule has 0 aromatic carbocycles. The molecule has 0 aliphatic carbocycles. The van der Waals surface area contributed by atoms with Gasteiger partial charge in [0.05, 0.1) is 11.7 Å². The standard InChI is InChI=1S/C11H18O/c1-5-6-10-7-9(2)8-11(3,4)12-10/h5-6,8,10H,7H2,1-4H3/b6-5+. The van der Waals surface area contributed by atoms with Crippen LogP contribution in [-0.2, 0) is 4.74 Å². The van der Waals surface area contributed by atoms with E-state index in [-0.39, 0.29) is 11.7 Å². The Morgan fingerprint density at radius 3 is 2.75 bits per heavy atom. The molecule has 1 heterocycles. The van der Waals surface area contributed by atoms with Crippen molar-refractivity contribution in [2.75, 3.05) is 0 Å². The Bertz CT molecular complexity index is 211. The molecule has 12 heavy (non-hydrogen) atoms. The summed E-state index contributed by atoms with van der Waals surface area (Å²) in [5.41, 5.74) is 1.33. The van der Waals surface area contributed by atoms with E-state index < -0.39 is 0 Å². The maximum atomic E-state index is 5.82. The maximum absolute atomic E-state index is 5.82. The number of rotatable bonds is 1. The molecule has 0 saturated heterocycles. The second-order valence-corrected chi connectivity index (χ2v) is 3.98. The third-order valence-electron chi connectivity index (χ3n) is 1.98. The molecule has 68 valence electrons. The van der Waals surface area contributed by atoms with Gasteiger partial charge in [-0.3, -0.25) is 0 Å². The molecule has 0 spiro atoms. The Labute approximate surface area is 75.1 Å². The summed E-state index contributed by atoms with van der Waals surface area (Å²) in [7, 11) is 0. The van der Waals surface area contributed by atoms with Gasteiger partial charge in [0.1, 0.15) is 0 Å². The summed E-state index contributed by atoms with van der Waals surface area (Å²) < 4.78 is 5.82. The van der Waals surface area contributed by atoms with Gasteiger partial charge in [-0.1, -0.05) is 23.8 Å². The molecular weight excluding hydrogens is 148 g/mol. The highest BCUT2D eigenvalue weighted by Crippen LogP contribution is 2.26. The molecule has 1 rings (SSSR count). The first kappa shape index (κ1) is 9.53. The summed E-state index contributed by atoms with van der Waals surface area (Å²) >= 11 is 0. The average Bonchev–Trinajstić information content (AvgIpc) is 1.82. The van der Waals surface area contributed by atoms with Crippen LogP contribution >= 0.6 is 0 Å². The summed E-state index contributed by atoms with van der Waals surface area (Å²) in [4.78, 5) is 0. The van der Waals surface area contributed by atoms with Crippen LogP contribution in [0.15, 0.2) is 23.8 Å². The summed E-state index contributed by atoms with van der Waals surface area (Å²) in [6.07, 6.45) is 7.69. The normalized spacial score (nSPS) is 29.0. The molecule has 1 nitrogen and oxygen atoms in total. The van der Waals surface area contributed by atoms with Crippen LogP contribution in [0.4, 0.5) is 0 Å². The second-order valence-electron chi connectivity index (χ2n) is 3.98. The Morgan fingerprint density at radius 1 is 1.58 bits per heavy atom. The number of allylic oxidation sites excluding steroid dienone is 1. The largest absolute Gasteiger partial charge is 0.364 e. The van der Waals surface area contributed by atoms with Gasteiger partial charge in [0.2, 0.25) is 0 Å². The lowest BCUT2D eigenvalue weighted by Gasteiger charge is -2.32. The Morgan fingerprint density at radius 2 is 2.25 bits per heavy atom. The summed E-state index contributed by atoms with van der Waals surface area (Å²) in [6, 6.07) is 0. The lowest BCUT2D eigenvalue weighted by Crippen LogP contribution is -2.32. The third kappa shape index (κ3) is 2.49. The SMILES string of the molecule is C/C=C/C1CC(C)=CC(C)(C)O1. The van der Waals surface area contributed by atoms with Crippen LogP contribution in [0.5, 0.6) is 0 Å². The van der Waals surface area contributed by atoms with Crippen molar-refractivity contribution in [3.8, 4) is 0 Å². The smallest absolute Gasteiger partial charge is 0.0817 e. The summed E-state index contributed by atoms with van der Waals surface area (Å²) in [5, 5.41) is 0. The van der Waals surface area contributed by atoms with E-state index in [1.165, 1.54) is 5.57 Å². The summed E-state index contributed by atoms with van der Waals surface area (Å²) in [5.74, 6) is 0. The van der Waals surface area contributed by atoms with Crippen LogP contribution < -0.4 is 0 Å². The van der Waals surface area contributed by atoms with Gasteiger partial charge in [-0.05, 0) is 34.1 Å². The number of hydrogen-bond acceptors (Lipinski definition) is 1. The first-order chi connectivity index (χ1) is 5.53. The highest BCUT2D eigenvalue weighted by Gasteiger charge is 2.24. The monoisotopic (exact) mass is 166 g/mol. The van der Waals surface area contributed by atoms with E-state index in [0.29, 0.717) is 0 Å². The van der Waals surface area contributed by atoms with Gasteiger partial charge >= 0.3 is 0 Å². The van der Waals surface area contributed by atoms with E-state index in [4.69, 9.17) is 4.74 Å². The molecule has 0 bridgehead atoms. The van der Waals surface area contributed by atoms with Gasteiger partial charge in [-0.2, -0.15) is 0 Å². The minimum Gasteiger partial charge on any atom is -0.364 e. The highest BCUT2D eigenvalue weighted by molar-refractivity contribution is 5.14. The van der Waals surface area contributed by atoms with Crippen molar-refractivity contribution in [1.82, 2.24) is 0 Å². The van der Waals surface area contributed by atoms with E-state index in [0.717, 1.165) is 6.42 Å². The van der Waals surface area contributed by atoms with E-state index in [1.54, 1.807) is 0 Å². The molecule has 1 heteroatoms. The van der Waals surface area contributed by atoms with Gasteiger partial charge in [0, 0.05) is 0 Å². The van der Waals surface area contributed by atoms with E-state index in [9.17, 15) is 0 Å². The molecule has 0 aromatic rings. The average molecular weight is 166 g/mol. The fraction of sp³-hybridized carbons (Fsp3) is 0.636. The first-order valence-corrected chi connectivity index (χ1v) is 4.52. The van der Waals surface area contributed by atoms with Gasteiger partial charge in [0.25, 0.3) is 0 Å². The molecule has 0 saturated carbocycles. The topological polar surface area (TPSA) is 9.23 Å². The van der Waals surface area contributed by atoms with Crippen molar-refractivity contribution < 1.29 is 4.74 Å². The first-order valence-electron chi connectivity index (χ1n) is 4.52. The van der Waals surface area contributed by atoms with E-state index >= 15 is 0 Å². The van der Waals surface area contributed by atoms with Crippen LogP contribution in [0.3, 0.4) is 0 Å². The zero-order valence-electron chi connectivity index (χ0n) is 8.42. The van der Waals surface area contributed by atoms with Crippen LogP contribution in [0, 0.1) is 0 Å². The molecule has 1 aliphatic rings. The molecule has 1 atom stereocenters. The van der Waals surface area contributed by atoms with Gasteiger partial charge in [0.15, 0.2) is 0 Å². The van der Waals surface area contributed by atoms with Crippen molar-refractivity contribution in [2.24, 2.45) is 0 Å². The number of hydrogen-bond donors (Lipinski definition) is 0. The van der Waals surface area contributed by atoms with Gasteiger partial charge in [-0.25, -0.2) is 0 Å². The second kappa shape index (κ2) is 3.44. The fourth-order valence-electron chi connectivity index (χ4n) is 1.76. The quantitative estimate of drug-likeness (QED) is 0.544. The van der Waals surface area contributed by atoms with Crippen molar-refractivity contribution in [1.29, 1.82) is 0 Å². The molecule has 1 unspecified atom stereocenters. The van der Waals surface area contributed by atoms with Crippen molar-refractivity contribution in [3.63, 3.8) is 0 Å². The van der Waals surface area contributed by atoms with E-state index in [1.807, 2.05) is 6.92 Å². The molecule has 0 amide bonds. The highest BCUT2D eigenvalue weighted by atomic mass is 16.5. The van der Waals surface area contributed by atoms with Crippen LogP contribution in [0.1, 0.15) is 34.1 Å². The van der Waals surface area contributed by atoms with Crippen molar-refractivity contribution >= 4 is 0 Å². The van der Waals surface area contributed by atoms with Crippen LogP contribution in [-0.4, -0.2) is 11.7 Å². The predicted molar refractivity (Wildman–Crippen MR) is 52.1 cm³/mol. The van der Waals surface area contributed by atoms with Crippen LogP contribution in [0.2, 0.25) is 0 Å². The fourth-order valence-corrected chi connectivity index (χ4v) is 1.76.